The van der Waals surface area contributed by atoms with Gasteiger partial charge in [-0.1, -0.05) is 31.4 Å². The van der Waals surface area contributed by atoms with Gasteiger partial charge in [0.1, 0.15) is 0 Å². The Bertz CT molecular complexity index is 761. The van der Waals surface area contributed by atoms with E-state index >= 15 is 0 Å². The van der Waals surface area contributed by atoms with Gasteiger partial charge in [0.05, 0.1) is 18.0 Å². The predicted octanol–water partition coefficient (Wildman–Crippen LogP) is 2.30. The fourth-order valence-electron chi connectivity index (χ4n) is 4.13. The van der Waals surface area contributed by atoms with Gasteiger partial charge in [-0.3, -0.25) is 14.5 Å². The van der Waals surface area contributed by atoms with Crippen molar-refractivity contribution in [2.24, 2.45) is 5.73 Å². The molecule has 0 aromatic heterocycles. The van der Waals surface area contributed by atoms with Gasteiger partial charge in [0.2, 0.25) is 11.8 Å². The highest BCUT2D eigenvalue weighted by atomic mass is 32.2. The van der Waals surface area contributed by atoms with Crippen LogP contribution in [0.4, 0.5) is 10.5 Å². The highest BCUT2D eigenvalue weighted by Crippen LogP contribution is 2.26. The Morgan fingerprint density at radius 2 is 1.61 bits per heavy atom. The Hall–Kier alpha value is -2.26. The van der Waals surface area contributed by atoms with Gasteiger partial charge in [0, 0.05) is 30.1 Å². The first-order valence-corrected chi connectivity index (χ1v) is 12.1. The minimum absolute atomic E-state index is 0.0619. The molecule has 9 heteroatoms. The van der Waals surface area contributed by atoms with Gasteiger partial charge >= 0.3 is 6.03 Å². The molecule has 2 fully saturated rings. The van der Waals surface area contributed by atoms with Crippen molar-refractivity contribution < 1.29 is 14.4 Å². The second-order valence-electron chi connectivity index (χ2n) is 8.30. The van der Waals surface area contributed by atoms with Gasteiger partial charge in [-0.15, -0.1) is 11.8 Å². The van der Waals surface area contributed by atoms with E-state index in [1.54, 1.807) is 0 Å². The lowest BCUT2D eigenvalue weighted by Gasteiger charge is -2.32. The van der Waals surface area contributed by atoms with Crippen molar-refractivity contribution in [2.45, 2.75) is 61.9 Å². The van der Waals surface area contributed by atoms with E-state index in [2.05, 4.69) is 20.9 Å². The number of amides is 4. The lowest BCUT2D eigenvalue weighted by molar-refractivity contribution is -0.117. The molecular formula is C22H33N5O3S. The zero-order valence-corrected chi connectivity index (χ0v) is 18.7. The summed E-state index contributed by atoms with van der Waals surface area (Å²) >= 11 is 1.31. The molecular weight excluding hydrogens is 414 g/mol. The molecule has 5 N–H and O–H groups in total. The monoisotopic (exact) mass is 447 g/mol. The number of hydrogen-bond donors (Lipinski definition) is 4. The van der Waals surface area contributed by atoms with Gasteiger partial charge in [-0.25, -0.2) is 4.79 Å². The fourth-order valence-corrected chi connectivity index (χ4v) is 4.88. The number of anilines is 1. The van der Waals surface area contributed by atoms with E-state index in [4.69, 9.17) is 5.73 Å². The summed E-state index contributed by atoms with van der Waals surface area (Å²) in [6.07, 6.45) is 7.46. The van der Waals surface area contributed by atoms with Crippen LogP contribution in [0.25, 0.3) is 0 Å². The van der Waals surface area contributed by atoms with Crippen LogP contribution in [0, 0.1) is 0 Å². The van der Waals surface area contributed by atoms with E-state index in [-0.39, 0.29) is 23.7 Å². The number of piperidine rings is 1. The molecule has 3 rings (SSSR count). The molecule has 1 aromatic rings. The molecule has 0 unspecified atom stereocenters. The number of nitrogens with zero attached hydrogens (tertiary/aromatic N) is 1. The summed E-state index contributed by atoms with van der Waals surface area (Å²) in [6.45, 7) is 1.83. The Kier molecular flexibility index (Phi) is 9.02. The van der Waals surface area contributed by atoms with Crippen molar-refractivity contribution in [3.63, 3.8) is 0 Å². The van der Waals surface area contributed by atoms with E-state index in [9.17, 15) is 14.4 Å². The largest absolute Gasteiger partial charge is 0.369 e. The van der Waals surface area contributed by atoms with Crippen molar-refractivity contribution in [2.75, 3.05) is 30.7 Å². The first-order chi connectivity index (χ1) is 15.0. The van der Waals surface area contributed by atoms with Crippen LogP contribution in [0.3, 0.4) is 0 Å². The van der Waals surface area contributed by atoms with E-state index in [0.29, 0.717) is 18.3 Å². The molecule has 2 aliphatic rings. The SMILES string of the molecule is NC(=O)CSc1ccccc1NC(=O)CN1CCC(NC(=O)NC2CCCCC2)CC1. The highest BCUT2D eigenvalue weighted by Gasteiger charge is 2.23. The van der Waals surface area contributed by atoms with Crippen LogP contribution in [-0.2, 0) is 9.59 Å². The zero-order chi connectivity index (χ0) is 22.1. The number of nitrogens with two attached hydrogens (primary N) is 1. The number of para-hydroxylation sites is 1. The number of carbonyl (C=O) groups is 3. The topological polar surface area (TPSA) is 117 Å². The molecule has 1 aliphatic carbocycles. The van der Waals surface area contributed by atoms with Gasteiger partial charge in [0.15, 0.2) is 0 Å². The third-order valence-corrected chi connectivity index (χ3v) is 6.86. The van der Waals surface area contributed by atoms with Crippen molar-refractivity contribution in [1.82, 2.24) is 15.5 Å². The molecule has 31 heavy (non-hydrogen) atoms. The number of rotatable bonds is 8. The first kappa shape index (κ1) is 23.4. The fraction of sp³-hybridized carbons (Fsp3) is 0.591. The molecule has 1 aromatic carbocycles. The molecule has 4 amide bonds. The second kappa shape index (κ2) is 12.0. The summed E-state index contributed by atoms with van der Waals surface area (Å²) in [5, 5.41) is 9.13. The third kappa shape index (κ3) is 8.06. The molecule has 0 radical (unpaired) electrons. The molecule has 1 aliphatic heterocycles. The van der Waals surface area contributed by atoms with E-state index < -0.39 is 5.91 Å². The smallest absolute Gasteiger partial charge is 0.315 e. The number of primary amides is 1. The maximum Gasteiger partial charge on any atom is 0.315 e. The molecule has 0 atom stereocenters. The molecule has 1 saturated carbocycles. The summed E-state index contributed by atoms with van der Waals surface area (Å²) in [5.41, 5.74) is 5.91. The lowest BCUT2D eigenvalue weighted by Crippen LogP contribution is -2.51. The predicted molar refractivity (Wildman–Crippen MR) is 123 cm³/mol. The number of benzene rings is 1. The molecule has 1 saturated heterocycles. The van der Waals surface area contributed by atoms with Crippen molar-refractivity contribution in [3.8, 4) is 0 Å². The van der Waals surface area contributed by atoms with Crippen LogP contribution < -0.4 is 21.7 Å². The summed E-state index contributed by atoms with van der Waals surface area (Å²) in [7, 11) is 0. The molecule has 1 heterocycles. The van der Waals surface area contributed by atoms with Crippen LogP contribution in [0.1, 0.15) is 44.9 Å². The summed E-state index contributed by atoms with van der Waals surface area (Å²) < 4.78 is 0. The van der Waals surface area contributed by atoms with Crippen LogP contribution >= 0.6 is 11.8 Å². The van der Waals surface area contributed by atoms with Crippen LogP contribution in [0.2, 0.25) is 0 Å². The quantitative estimate of drug-likeness (QED) is 0.456. The molecule has 170 valence electrons. The maximum atomic E-state index is 12.5. The van der Waals surface area contributed by atoms with Gasteiger partial charge in [-0.2, -0.15) is 0 Å². The number of nitrogens with one attached hydrogen (secondary N) is 3. The Labute approximate surface area is 188 Å². The lowest BCUT2D eigenvalue weighted by atomic mass is 9.96. The molecule has 8 nitrogen and oxygen atoms in total. The first-order valence-electron chi connectivity index (χ1n) is 11.1. The summed E-state index contributed by atoms with van der Waals surface area (Å²) in [6, 6.07) is 7.78. The standard InChI is InChI=1S/C22H33N5O3S/c23-20(28)15-31-19-9-5-4-8-18(19)26-21(29)14-27-12-10-17(11-13-27)25-22(30)24-16-6-2-1-3-7-16/h4-5,8-9,16-17H,1-3,6-7,10-15H2,(H2,23,28)(H,26,29)(H2,24,25,30). The third-order valence-electron chi connectivity index (χ3n) is 5.76. The minimum Gasteiger partial charge on any atom is -0.369 e. The minimum atomic E-state index is -0.393. The summed E-state index contributed by atoms with van der Waals surface area (Å²) in [5.74, 6) is -0.314. The maximum absolute atomic E-state index is 12.5. The Morgan fingerprint density at radius 3 is 2.29 bits per heavy atom. The van der Waals surface area contributed by atoms with Crippen molar-refractivity contribution in [1.29, 1.82) is 0 Å². The van der Waals surface area contributed by atoms with E-state index in [1.807, 2.05) is 24.3 Å². The molecule has 0 spiro atoms. The number of hydrogen-bond acceptors (Lipinski definition) is 5. The van der Waals surface area contributed by atoms with Gasteiger partial charge < -0.3 is 21.7 Å². The highest BCUT2D eigenvalue weighted by molar-refractivity contribution is 8.00. The van der Waals surface area contributed by atoms with E-state index in [0.717, 1.165) is 43.7 Å². The zero-order valence-electron chi connectivity index (χ0n) is 17.9. The average molecular weight is 448 g/mol. The van der Waals surface area contributed by atoms with Gasteiger partial charge in [0.25, 0.3) is 0 Å². The van der Waals surface area contributed by atoms with E-state index in [1.165, 1.54) is 31.0 Å². The number of carbonyl (C=O) groups excluding carboxylic acids is 3. The molecule has 0 bridgehead atoms. The second-order valence-corrected chi connectivity index (χ2v) is 9.32. The van der Waals surface area contributed by atoms with Crippen molar-refractivity contribution in [3.05, 3.63) is 24.3 Å². The Morgan fingerprint density at radius 1 is 0.968 bits per heavy atom. The van der Waals surface area contributed by atoms with Crippen molar-refractivity contribution >= 4 is 35.3 Å². The average Bonchev–Trinajstić information content (AvgIpc) is 2.75. The van der Waals surface area contributed by atoms with Crippen LogP contribution in [-0.4, -0.2) is 60.2 Å². The number of urea groups is 1. The Balaban J connectivity index is 1.38. The van der Waals surface area contributed by atoms with Gasteiger partial charge in [-0.05, 0) is 37.8 Å². The number of likely N-dealkylation sites (tertiary alicyclic amines) is 1. The summed E-state index contributed by atoms with van der Waals surface area (Å²) in [4.78, 5) is 38.7. The number of thioether (sulfide) groups is 1. The van der Waals surface area contributed by atoms with Crippen LogP contribution in [0.5, 0.6) is 0 Å². The van der Waals surface area contributed by atoms with Crippen LogP contribution in [0.15, 0.2) is 29.2 Å². The normalized spacial score (nSPS) is 18.3.